The summed E-state index contributed by atoms with van der Waals surface area (Å²) < 4.78 is 21.8. The number of hydrogen-bond acceptors (Lipinski definition) is 34. The normalized spacial score (nSPS) is 20.1. The molecule has 0 spiro atoms. The average Bonchev–Trinajstić information content (AvgIpc) is 0.801. The van der Waals surface area contributed by atoms with Crippen molar-refractivity contribution in [1.29, 1.82) is 0 Å². The molecule has 596 valence electrons. The molecule has 4 aromatic rings. The van der Waals surface area contributed by atoms with Crippen molar-refractivity contribution in [2.24, 2.45) is 28.1 Å². The third-order valence-electron chi connectivity index (χ3n) is 14.2. The monoisotopic (exact) mass is 1810 g/mol. The number of hydrogen-bond donors (Lipinski definition) is 25. The van der Waals surface area contributed by atoms with E-state index in [-0.39, 0.29) is 45.4 Å². The van der Waals surface area contributed by atoms with Crippen molar-refractivity contribution in [3.8, 4) is 17.2 Å². The lowest BCUT2D eigenvalue weighted by Gasteiger charge is -2.38. The number of rotatable bonds is 33. The molecule has 6 amide bonds. The van der Waals surface area contributed by atoms with Crippen LogP contribution in [0.15, 0.2) is 81.7 Å². The number of esters is 1. The van der Waals surface area contributed by atoms with Crippen LogP contribution in [0.5, 0.6) is 17.2 Å². The Hall–Kier alpha value is -10.0. The molecule has 0 bridgehead atoms. The van der Waals surface area contributed by atoms with E-state index in [0.29, 0.717) is 32.1 Å². The topological polar surface area (TPSA) is 793 Å². The van der Waals surface area contributed by atoms with Crippen molar-refractivity contribution in [2.75, 3.05) is 30.1 Å². The number of primary amides is 2. The van der Waals surface area contributed by atoms with Crippen LogP contribution in [-0.2, 0) is 62.2 Å². The number of carboxylic acid groups (broad SMARTS) is 7. The summed E-state index contributed by atoms with van der Waals surface area (Å²) in [6, 6.07) is 8.67. The van der Waals surface area contributed by atoms with Gasteiger partial charge in [-0.3, -0.25) is 58.6 Å². The number of carboxylic acids is 7. The number of ether oxygens (including phenoxy) is 4. The number of nitrogens with two attached hydrogens (primary N) is 4. The zero-order chi connectivity index (χ0) is 82.6. The molecule has 6 rings (SSSR count). The first-order valence-corrected chi connectivity index (χ1v) is 34.5. The van der Waals surface area contributed by atoms with Gasteiger partial charge < -0.3 is 140 Å². The summed E-state index contributed by atoms with van der Waals surface area (Å²) in [4.78, 5) is 171. The number of aliphatic carboxylic acids is 6. The van der Waals surface area contributed by atoms with Gasteiger partial charge in [-0.05, 0) is 130 Å². The zero-order valence-electron chi connectivity index (χ0n) is 55.3. The van der Waals surface area contributed by atoms with E-state index in [1.54, 1.807) is 24.3 Å². The fourth-order valence-electron chi connectivity index (χ4n) is 8.44. The number of halogens is 2. The van der Waals surface area contributed by atoms with E-state index in [0.717, 1.165) is 39.6 Å². The van der Waals surface area contributed by atoms with Crippen LogP contribution >= 0.6 is 68.7 Å². The number of anilines is 1. The lowest BCUT2D eigenvalue weighted by atomic mass is 9.99. The van der Waals surface area contributed by atoms with Crippen molar-refractivity contribution in [2.45, 2.75) is 121 Å². The van der Waals surface area contributed by atoms with Gasteiger partial charge in [0, 0.05) is 47.5 Å². The van der Waals surface area contributed by atoms with Crippen LogP contribution in [0.25, 0.3) is 0 Å². The largest absolute Gasteiger partial charge is 0.507 e. The average molecular weight is 1810 g/mol. The number of carbonyl (C=O) groups is 14. The summed E-state index contributed by atoms with van der Waals surface area (Å²) in [6.07, 6.45) is -21.6. The quantitative estimate of drug-likeness (QED) is 0.00706. The van der Waals surface area contributed by atoms with Crippen molar-refractivity contribution in [3.63, 3.8) is 0 Å². The van der Waals surface area contributed by atoms with E-state index in [1.165, 1.54) is 18.2 Å². The minimum absolute atomic E-state index is 0.0708. The molecule has 2 aliphatic heterocycles. The Labute approximate surface area is 646 Å². The number of nitroso groups, excluding NO2 is 1. The second-order valence-electron chi connectivity index (χ2n) is 22.1. The summed E-state index contributed by atoms with van der Waals surface area (Å²) >= 11 is 5.35. The molecule has 2 saturated heterocycles. The molecule has 8 unspecified atom stereocenters. The summed E-state index contributed by atoms with van der Waals surface area (Å²) in [5, 5.41) is 164. The number of phenols is 2. The number of aliphatic hydroxyl groups is 6. The number of aromatic carboxylic acids is 1. The molecule has 2 aliphatic rings. The number of phenolic OH excluding ortho intramolecular Hbond substituents is 2. The van der Waals surface area contributed by atoms with Crippen LogP contribution in [0.2, 0.25) is 0 Å². The maximum atomic E-state index is 12.6. The van der Waals surface area contributed by atoms with Crippen LogP contribution in [0, 0.1) is 12.0 Å². The Morgan fingerprint density at radius 3 is 1.39 bits per heavy atom. The molecule has 2 heterocycles. The van der Waals surface area contributed by atoms with Crippen LogP contribution < -0.4 is 54.4 Å². The molecule has 29 N–H and O–H groups in total. The van der Waals surface area contributed by atoms with Gasteiger partial charge in [-0.1, -0.05) is 0 Å². The van der Waals surface area contributed by atoms with Crippen molar-refractivity contribution in [3.05, 3.63) is 101 Å². The summed E-state index contributed by atoms with van der Waals surface area (Å²) in [6.45, 7) is -1.60. The van der Waals surface area contributed by atoms with Gasteiger partial charge in [0.15, 0.2) is 12.2 Å². The molecule has 4 aromatic carbocycles. The Kier molecular flexibility index (Phi) is 38.0. The van der Waals surface area contributed by atoms with E-state index in [9.17, 15) is 123 Å². The van der Waals surface area contributed by atoms with Crippen molar-refractivity contribution >= 4 is 163 Å². The first-order chi connectivity index (χ1) is 50.9. The van der Waals surface area contributed by atoms with Crippen LogP contribution in [-0.4, -0.2) is 275 Å². The third kappa shape index (κ3) is 29.5. The maximum absolute atomic E-state index is 12.6. The van der Waals surface area contributed by atoms with Gasteiger partial charge >= 0.3 is 47.8 Å². The molecular formula is C60H70I2N10O35S2. The van der Waals surface area contributed by atoms with Gasteiger partial charge in [-0.25, -0.2) is 19.2 Å². The van der Waals surface area contributed by atoms with Gasteiger partial charge in [0.25, 0.3) is 0 Å². The smallest absolute Gasteiger partial charge is 0.340 e. The predicted octanol–water partition coefficient (Wildman–Crippen LogP) is -4.28. The fraction of sp³-hybridized carbons (Fsp3) is 0.367. The molecular weight excluding hydrogens is 1740 g/mol. The van der Waals surface area contributed by atoms with Crippen LogP contribution in [0.4, 0.5) is 11.4 Å². The minimum atomic E-state index is -2.07. The zero-order valence-corrected chi connectivity index (χ0v) is 61.3. The Morgan fingerprint density at radius 1 is 0.541 bits per heavy atom. The molecule has 49 heteroatoms. The van der Waals surface area contributed by atoms with Gasteiger partial charge in [-0.15, -0.1) is 28.4 Å². The number of amides is 6. The first-order valence-electron chi connectivity index (χ1n) is 30.3. The number of thioether (sulfide) groups is 2. The Balaban J connectivity index is 0.000000432. The first kappa shape index (κ1) is 93.2. The number of aliphatic hydroxyl groups excluding tert-OH is 6. The van der Waals surface area contributed by atoms with E-state index in [1.807, 2.05) is 56.0 Å². The lowest BCUT2D eigenvalue weighted by molar-refractivity contribution is -0.278. The Morgan fingerprint density at radius 2 is 0.972 bits per heavy atom. The molecule has 0 aliphatic carbocycles. The summed E-state index contributed by atoms with van der Waals surface area (Å²) in [7, 11) is 0. The molecule has 2 fully saturated rings. The molecule has 45 nitrogen and oxygen atoms in total. The maximum Gasteiger partial charge on any atom is 0.340 e. The molecule has 14 atom stereocenters. The number of nitrogens with zero attached hydrogens (tertiary/aromatic N) is 1. The molecule has 0 aromatic heterocycles. The second kappa shape index (κ2) is 44.5. The van der Waals surface area contributed by atoms with Crippen LogP contribution in [0.1, 0.15) is 67.1 Å². The Bertz CT molecular complexity index is 3990. The third-order valence-corrected chi connectivity index (χ3v) is 18.4. The van der Waals surface area contributed by atoms with Crippen LogP contribution in [0.3, 0.4) is 0 Å². The highest BCUT2D eigenvalue weighted by Crippen LogP contribution is 2.39. The minimum Gasteiger partial charge on any atom is -0.507 e. The van der Waals surface area contributed by atoms with Crippen molar-refractivity contribution < 1.29 is 168 Å². The SMILES string of the molecule is NC(=O)c1ccc(I)c(N=O)c1.NC(=O)c1ccc(I)c(NO)c1.NC(CCC(=O)NC(CSc1c(O)cc(C(=O)OC2OC(C(=O)O)[C@@H](O)[C@H](O)[C@H]2O)cc1O)C(=O)NCC(=O)O)C(=O)O.NC(CCC(=O)NC(CSc1ccc(C(=O)O)cc1OC1OC(C(=O)O)[C@@H](O)[C@H](O)[C@H]1O)C(=O)NCC(=O)O)C(=O)O. The number of carbonyl (C=O) groups excluding carboxylic acids is 7. The number of aromatic hydroxyl groups is 2. The number of nitrogens with one attached hydrogen (secondary N) is 5. The van der Waals surface area contributed by atoms with Gasteiger partial charge in [0.05, 0.1) is 21.7 Å². The van der Waals surface area contributed by atoms with Gasteiger partial charge in [-0.2, -0.15) is 0 Å². The molecule has 0 saturated carbocycles. The highest BCUT2D eigenvalue weighted by molar-refractivity contribution is 14.1. The van der Waals surface area contributed by atoms with Gasteiger partial charge in [0.1, 0.15) is 96.8 Å². The highest BCUT2D eigenvalue weighted by Gasteiger charge is 2.50. The van der Waals surface area contributed by atoms with Crippen molar-refractivity contribution in [1.82, 2.24) is 21.3 Å². The predicted molar refractivity (Wildman–Crippen MR) is 380 cm³/mol. The fourth-order valence-corrected chi connectivity index (χ4v) is 11.3. The van der Waals surface area contributed by atoms with E-state index in [4.69, 9.17) is 72.6 Å². The lowest BCUT2D eigenvalue weighted by Crippen LogP contribution is -2.61. The molecule has 109 heavy (non-hydrogen) atoms. The number of benzene rings is 4. The highest BCUT2D eigenvalue weighted by atomic mass is 127. The van der Waals surface area contributed by atoms with E-state index in [2.05, 4.69) is 21.1 Å². The summed E-state index contributed by atoms with van der Waals surface area (Å²) in [5.74, 6) is -18.8. The standard InChI is InChI=1S/C23H29N3O16S.C23H29N3O15S.C7H7IN2O2.C7H5IN2O2/c24-8(20(36)37)1-2-12(29)26-9(19(35)25-5-13(30)31)6-43-18-10(27)3-7(4-11(18)28)22(40)42-23-16(34)14(32)15(33)17(41-23)21(38)39;24-9(21(36)37)2-4-13(27)26-10(19(33)25-6-14(28)29)7-42-12-3-1-8(20(34)35)5-11(12)40-23-17(32)15(30)16(31)18(41-23)22(38)39;2*8-5-2-1-4(7(9)11)3-6(5)10-12/h3-4,8-9,14-17,23,27-28,32-34H,1-2,5-6,24H2,(H,25,35)(H,26,29)(H,30,31)(H,36,37)(H,38,39);1,3,5,9-10,15-18,23,30-32H,2,4,6-7,24H2,(H,25,33)(H,26,27)(H,28,29)(H,34,35)(H,36,37)(H,38,39);1-3,10,12H,(H2,9,11);1-3H,(H2,9,11)/t8?,9?,14-,15-,16+,17?,23?;9?,10?,15-,16-,17+,18?,23?;;/m00../s1. The second-order valence-corrected chi connectivity index (χ2v) is 26.6. The van der Waals surface area contributed by atoms with E-state index >= 15 is 0 Å². The molecule has 0 radical (unpaired) electrons. The van der Waals surface area contributed by atoms with E-state index < -0.39 is 218 Å². The summed E-state index contributed by atoms with van der Waals surface area (Å²) in [5.41, 5.74) is 23.3. The van der Waals surface area contributed by atoms with Gasteiger partial charge in [0.2, 0.25) is 48.0 Å².